The Labute approximate surface area is 383 Å². The molecule has 0 saturated carbocycles. The van der Waals surface area contributed by atoms with Gasteiger partial charge in [0.2, 0.25) is 0 Å². The van der Waals surface area contributed by atoms with Gasteiger partial charge in [-0.1, -0.05) is 185 Å². The highest BCUT2D eigenvalue weighted by Gasteiger charge is 2.41. The Hall–Kier alpha value is -6.23. The lowest BCUT2D eigenvalue weighted by Crippen LogP contribution is -2.37. The summed E-state index contributed by atoms with van der Waals surface area (Å²) in [6.45, 7) is 9.69. The molecule has 11 rings (SSSR count). The SMILES string of the molecule is CC1C=CC(C)C(c2ccc3c(c2)N(C)C(C2=CC(C)C(C4=CC(c5ccc(-c6ccccc6)cc5)=NC(c5ccc(-c6ccccc6)cc5)N4)CC2C)c2sc4ccccc4c2-3)C1. The predicted molar refractivity (Wildman–Crippen MR) is 272 cm³/mol. The van der Waals surface area contributed by atoms with E-state index >= 15 is 0 Å². The zero-order valence-corrected chi connectivity index (χ0v) is 38.4. The molecule has 1 N–H and O–H groups in total. The van der Waals surface area contributed by atoms with E-state index in [1.165, 1.54) is 77.3 Å². The number of nitrogens with one attached hydrogen (secondary N) is 1. The Morgan fingerprint density at radius 1 is 0.609 bits per heavy atom. The monoisotopic (exact) mass is 851 g/mol. The molecule has 318 valence electrons. The van der Waals surface area contributed by atoms with E-state index in [4.69, 9.17) is 4.99 Å². The zero-order valence-electron chi connectivity index (χ0n) is 37.6. The Morgan fingerprint density at radius 3 is 1.95 bits per heavy atom. The van der Waals surface area contributed by atoms with E-state index in [9.17, 15) is 0 Å². The number of thiophene rings is 1. The third-order valence-electron chi connectivity index (χ3n) is 14.8. The van der Waals surface area contributed by atoms with E-state index in [2.05, 4.69) is 221 Å². The van der Waals surface area contributed by atoms with Gasteiger partial charge in [0.25, 0.3) is 0 Å². The molecule has 8 unspecified atom stereocenters. The van der Waals surface area contributed by atoms with E-state index in [1.807, 2.05) is 11.3 Å². The molecule has 4 aliphatic rings. The summed E-state index contributed by atoms with van der Waals surface area (Å²) in [7, 11) is 2.36. The fourth-order valence-corrected chi connectivity index (χ4v) is 12.7. The molecule has 0 fully saturated rings. The Bertz CT molecular complexity index is 2950. The molecule has 0 radical (unpaired) electrons. The van der Waals surface area contributed by atoms with Crippen molar-refractivity contribution >= 4 is 32.8 Å². The zero-order chi connectivity index (χ0) is 43.5. The molecule has 1 aromatic heterocycles. The number of benzene rings is 6. The van der Waals surface area contributed by atoms with Crippen molar-refractivity contribution in [1.29, 1.82) is 0 Å². The van der Waals surface area contributed by atoms with Crippen LogP contribution in [0.3, 0.4) is 0 Å². The van der Waals surface area contributed by atoms with Crippen LogP contribution in [0.2, 0.25) is 0 Å². The molecule has 0 bridgehead atoms. The summed E-state index contributed by atoms with van der Waals surface area (Å²) in [4.78, 5) is 9.55. The first-order valence-electron chi connectivity index (χ1n) is 23.4. The maximum atomic E-state index is 5.44. The number of anilines is 1. The first kappa shape index (κ1) is 40.5. The molecular formula is C60H57N3S. The smallest absolute Gasteiger partial charge is 0.145 e. The van der Waals surface area contributed by atoms with Gasteiger partial charge >= 0.3 is 0 Å². The highest BCUT2D eigenvalue weighted by atomic mass is 32.1. The molecule has 0 saturated heterocycles. The van der Waals surface area contributed by atoms with E-state index in [0.29, 0.717) is 35.5 Å². The average molecular weight is 852 g/mol. The lowest BCUT2D eigenvalue weighted by Gasteiger charge is -2.44. The Morgan fingerprint density at radius 2 is 1.23 bits per heavy atom. The molecule has 6 aromatic carbocycles. The third-order valence-corrected chi connectivity index (χ3v) is 16.1. The van der Waals surface area contributed by atoms with Crippen molar-refractivity contribution in [3.63, 3.8) is 0 Å². The van der Waals surface area contributed by atoms with Crippen LogP contribution < -0.4 is 10.2 Å². The van der Waals surface area contributed by atoms with E-state index in [-0.39, 0.29) is 12.2 Å². The molecule has 4 heteroatoms. The van der Waals surface area contributed by atoms with E-state index in [1.54, 1.807) is 5.57 Å². The molecule has 7 aromatic rings. The molecular weight excluding hydrogens is 795 g/mol. The molecule has 3 nitrogen and oxygen atoms in total. The minimum atomic E-state index is -0.192. The number of aliphatic imine (C=N–C) groups is 1. The average Bonchev–Trinajstić information content (AvgIpc) is 3.73. The van der Waals surface area contributed by atoms with Crippen LogP contribution in [-0.4, -0.2) is 12.8 Å². The topological polar surface area (TPSA) is 27.6 Å². The van der Waals surface area contributed by atoms with Crippen LogP contribution in [0.5, 0.6) is 0 Å². The lowest BCUT2D eigenvalue weighted by molar-refractivity contribution is 0.334. The van der Waals surface area contributed by atoms with Gasteiger partial charge in [0, 0.05) is 50.4 Å². The quantitative estimate of drug-likeness (QED) is 0.162. The van der Waals surface area contributed by atoms with Crippen molar-refractivity contribution in [3.8, 4) is 33.4 Å². The fourth-order valence-electron chi connectivity index (χ4n) is 11.3. The first-order valence-corrected chi connectivity index (χ1v) is 24.2. The van der Waals surface area contributed by atoms with Crippen molar-refractivity contribution in [2.24, 2.45) is 34.6 Å². The molecule has 2 aliphatic heterocycles. The van der Waals surface area contributed by atoms with Crippen molar-refractivity contribution in [1.82, 2.24) is 5.32 Å². The van der Waals surface area contributed by atoms with E-state index in [0.717, 1.165) is 17.7 Å². The van der Waals surface area contributed by atoms with Gasteiger partial charge in [-0.2, -0.15) is 0 Å². The van der Waals surface area contributed by atoms with Crippen LogP contribution in [0.15, 0.2) is 192 Å². The van der Waals surface area contributed by atoms with Gasteiger partial charge in [-0.25, -0.2) is 0 Å². The number of allylic oxidation sites excluding steroid dienone is 5. The predicted octanol–water partition coefficient (Wildman–Crippen LogP) is 15.6. The molecule has 0 spiro atoms. The molecule has 2 aliphatic carbocycles. The summed E-state index contributed by atoms with van der Waals surface area (Å²) >= 11 is 2.00. The summed E-state index contributed by atoms with van der Waals surface area (Å²) in [5, 5.41) is 5.40. The van der Waals surface area contributed by atoms with Gasteiger partial charge in [-0.15, -0.1) is 11.3 Å². The second kappa shape index (κ2) is 16.7. The van der Waals surface area contributed by atoms with E-state index < -0.39 is 0 Å². The normalized spacial score (nSPS) is 25.1. The lowest BCUT2D eigenvalue weighted by atomic mass is 9.71. The Kier molecular flexibility index (Phi) is 10.6. The maximum Gasteiger partial charge on any atom is 0.145 e. The van der Waals surface area contributed by atoms with Gasteiger partial charge in [-0.05, 0) is 105 Å². The van der Waals surface area contributed by atoms with Crippen LogP contribution in [0.4, 0.5) is 5.69 Å². The third kappa shape index (κ3) is 7.36. The number of hydrogen-bond donors (Lipinski definition) is 1. The number of rotatable bonds is 7. The summed E-state index contributed by atoms with van der Waals surface area (Å²) in [6.07, 6.45) is 11.9. The Balaban J connectivity index is 0.953. The van der Waals surface area contributed by atoms with Gasteiger partial charge in [-0.3, -0.25) is 4.99 Å². The van der Waals surface area contributed by atoms with Gasteiger partial charge in [0.15, 0.2) is 0 Å². The van der Waals surface area contributed by atoms with Crippen LogP contribution >= 0.6 is 11.3 Å². The largest absolute Gasteiger partial charge is 0.363 e. The van der Waals surface area contributed by atoms with Crippen molar-refractivity contribution in [2.75, 3.05) is 11.9 Å². The number of likely N-dealkylation sites (N-methyl/N-ethyl adjacent to an activating group) is 1. The van der Waals surface area contributed by atoms with Crippen molar-refractivity contribution < 1.29 is 0 Å². The van der Waals surface area contributed by atoms with Crippen LogP contribution in [-0.2, 0) is 0 Å². The number of nitrogens with zero attached hydrogens (tertiary/aromatic N) is 2. The van der Waals surface area contributed by atoms with Crippen LogP contribution in [0.1, 0.15) is 80.2 Å². The summed E-state index contributed by atoms with van der Waals surface area (Å²) in [6, 6.07) is 56.0. The standard InChI is InChI=1S/C60H57N3S/c1-37-20-21-38(2)50(32-37)47-30-31-48-55(35-47)63(5)58(59-57(48)49-18-12-13-19-56(49)64-59)52-34-39(3)51(33-40(52)4)54-36-53(45-26-22-43(23-27-45)41-14-8-6-9-15-41)61-60(62-54)46-28-24-44(25-29-46)42-16-10-7-11-17-42/h6-31,34-40,50-51,58,60,62H,32-33H2,1-5H3. The van der Waals surface area contributed by atoms with Crippen molar-refractivity contribution in [3.05, 3.63) is 209 Å². The first-order chi connectivity index (χ1) is 31.3. The molecule has 64 heavy (non-hydrogen) atoms. The van der Waals surface area contributed by atoms with Crippen LogP contribution in [0, 0.1) is 29.6 Å². The minimum Gasteiger partial charge on any atom is -0.363 e. The van der Waals surface area contributed by atoms with Crippen molar-refractivity contribution in [2.45, 2.75) is 58.7 Å². The second-order valence-electron chi connectivity index (χ2n) is 19.1. The van der Waals surface area contributed by atoms with Gasteiger partial charge in [0.05, 0.1) is 11.8 Å². The van der Waals surface area contributed by atoms with Gasteiger partial charge in [0.1, 0.15) is 6.17 Å². The van der Waals surface area contributed by atoms with Gasteiger partial charge < -0.3 is 10.2 Å². The fraction of sp³-hybridized carbons (Fsp3) is 0.250. The highest BCUT2D eigenvalue weighted by molar-refractivity contribution is 7.19. The summed E-state index contributed by atoms with van der Waals surface area (Å²) < 4.78 is 1.38. The number of hydrogen-bond acceptors (Lipinski definition) is 4. The highest BCUT2D eigenvalue weighted by Crippen LogP contribution is 2.56. The molecule has 0 amide bonds. The molecule has 3 heterocycles. The maximum absolute atomic E-state index is 5.44. The minimum absolute atomic E-state index is 0.181. The second-order valence-corrected chi connectivity index (χ2v) is 20.1. The van der Waals surface area contributed by atoms with Crippen LogP contribution in [0.25, 0.3) is 43.5 Å². The summed E-state index contributed by atoms with van der Waals surface area (Å²) in [5.41, 5.74) is 16.7. The number of fused-ring (bicyclic) bond motifs is 5. The summed E-state index contributed by atoms with van der Waals surface area (Å²) in [5.74, 6) is 2.68. The molecule has 8 atom stereocenters.